The smallest absolute Gasteiger partial charge is 0.434 e. The van der Waals surface area contributed by atoms with E-state index in [9.17, 15) is 36.2 Å². The van der Waals surface area contributed by atoms with Gasteiger partial charge in [-0.05, 0) is 18.1 Å². The summed E-state index contributed by atoms with van der Waals surface area (Å²) in [5, 5.41) is 9.51. The van der Waals surface area contributed by atoms with Crippen LogP contribution in [0.4, 0.5) is 26.3 Å². The number of alkyl halides is 6. The topological polar surface area (TPSA) is 55.8 Å². The molecule has 0 aromatic carbocycles. The van der Waals surface area contributed by atoms with Crippen LogP contribution < -0.4 is 0 Å². The fraction of sp³-hybridized carbons (Fsp3) is 0.786. The minimum Gasteiger partial charge on any atom is -0.439 e. The molecule has 0 saturated carbocycles. The molecule has 0 aliphatic heterocycles. The Hall–Kier alpha value is -1.07. The summed E-state index contributed by atoms with van der Waals surface area (Å²) < 4.78 is 83.2. The minimum atomic E-state index is -5.84. The summed E-state index contributed by atoms with van der Waals surface area (Å²) in [6.07, 6.45) is -17.8. The molecule has 0 radical (unpaired) electrons. The van der Waals surface area contributed by atoms with Crippen molar-refractivity contribution in [1.29, 1.82) is 0 Å². The lowest BCUT2D eigenvalue weighted by molar-refractivity contribution is -0.312. The van der Waals surface area contributed by atoms with E-state index in [4.69, 9.17) is 4.43 Å². The van der Waals surface area contributed by atoms with Crippen LogP contribution in [0.15, 0.2) is 12.2 Å². The van der Waals surface area contributed by atoms with Gasteiger partial charge in [0.25, 0.3) is 6.10 Å². The van der Waals surface area contributed by atoms with Crippen LogP contribution in [0, 0.1) is 0 Å². The molecule has 0 saturated heterocycles. The highest BCUT2D eigenvalue weighted by atomic mass is 28.4. The molecule has 0 rings (SSSR count). The molecular formula is C14H22F6O4Si. The van der Waals surface area contributed by atoms with Gasteiger partial charge in [0.1, 0.15) is 6.10 Å². The van der Waals surface area contributed by atoms with Gasteiger partial charge in [-0.2, -0.15) is 26.3 Å². The highest BCUT2D eigenvalue weighted by Gasteiger charge is 2.60. The number of rotatable bonds is 6. The second kappa shape index (κ2) is 7.66. The van der Waals surface area contributed by atoms with Gasteiger partial charge in [-0.3, -0.25) is 0 Å². The molecule has 1 unspecified atom stereocenters. The number of hydrogen-bond donors (Lipinski definition) is 1. The third kappa shape index (κ3) is 6.98. The van der Waals surface area contributed by atoms with Crippen LogP contribution in [0.3, 0.4) is 0 Å². The van der Waals surface area contributed by atoms with Gasteiger partial charge in [-0.25, -0.2) is 4.79 Å². The second-order valence-electron chi connectivity index (χ2n) is 6.98. The molecule has 0 heterocycles. The monoisotopic (exact) mass is 396 g/mol. The van der Waals surface area contributed by atoms with Gasteiger partial charge in [0.2, 0.25) is 0 Å². The molecule has 0 aliphatic rings. The first kappa shape index (κ1) is 23.9. The van der Waals surface area contributed by atoms with Gasteiger partial charge in [0.15, 0.2) is 8.32 Å². The fourth-order valence-electron chi connectivity index (χ4n) is 1.24. The van der Waals surface area contributed by atoms with Crippen molar-refractivity contribution >= 4 is 14.3 Å². The van der Waals surface area contributed by atoms with Crippen LogP contribution in [0.25, 0.3) is 0 Å². The Kier molecular flexibility index (Phi) is 7.33. The summed E-state index contributed by atoms with van der Waals surface area (Å²) in [5.74, 6) is -1.99. The van der Waals surface area contributed by atoms with Crippen molar-refractivity contribution < 1.29 is 45.4 Å². The predicted octanol–water partition coefficient (Wildman–Crippen LogP) is 3.96. The number of ether oxygens (including phenoxy) is 1. The van der Waals surface area contributed by atoms with E-state index >= 15 is 0 Å². The molecule has 0 aromatic rings. The van der Waals surface area contributed by atoms with E-state index in [2.05, 4.69) is 11.3 Å². The van der Waals surface area contributed by atoms with E-state index in [0.717, 1.165) is 0 Å². The molecule has 0 aromatic heterocycles. The van der Waals surface area contributed by atoms with Gasteiger partial charge in [-0.1, -0.05) is 27.4 Å². The van der Waals surface area contributed by atoms with Gasteiger partial charge in [0, 0.05) is 0 Å². The summed E-state index contributed by atoms with van der Waals surface area (Å²) in [4.78, 5) is 11.5. The standard InChI is InChI=1S/C14H22F6O4Si/c1-8(9(21)7-23-25(5,6)12(2,3)4)10(22)24-11(13(15,16)17)14(18,19)20/h9,11,21H,1,7H2,2-6H3. The Morgan fingerprint density at radius 2 is 1.48 bits per heavy atom. The third-order valence-corrected chi connectivity index (χ3v) is 8.39. The number of aliphatic hydroxyl groups is 1. The zero-order chi connectivity index (χ0) is 20.4. The Labute approximate surface area is 142 Å². The van der Waals surface area contributed by atoms with Crippen LogP contribution in [0.1, 0.15) is 20.8 Å². The molecule has 0 amide bonds. The Morgan fingerprint density at radius 3 is 1.80 bits per heavy atom. The summed E-state index contributed by atoms with van der Waals surface area (Å²) >= 11 is 0. The summed E-state index contributed by atoms with van der Waals surface area (Å²) in [6, 6.07) is 0. The normalized spacial score (nSPS) is 15.2. The van der Waals surface area contributed by atoms with Gasteiger partial charge < -0.3 is 14.3 Å². The SMILES string of the molecule is C=C(C(=O)OC(C(F)(F)F)C(F)(F)F)C(O)CO[Si](C)(C)C(C)(C)C. The molecular weight excluding hydrogens is 374 g/mol. The van der Waals surface area contributed by atoms with E-state index < -0.39 is 51.0 Å². The number of halogens is 6. The highest BCUT2D eigenvalue weighted by Crippen LogP contribution is 2.37. The highest BCUT2D eigenvalue weighted by molar-refractivity contribution is 6.74. The quantitative estimate of drug-likeness (QED) is 0.320. The molecule has 0 bridgehead atoms. The van der Waals surface area contributed by atoms with E-state index in [1.807, 2.05) is 33.9 Å². The van der Waals surface area contributed by atoms with E-state index in [1.165, 1.54) is 0 Å². The van der Waals surface area contributed by atoms with Crippen LogP contribution in [0.5, 0.6) is 0 Å². The van der Waals surface area contributed by atoms with E-state index in [0.29, 0.717) is 0 Å². The Bertz CT molecular complexity index is 479. The van der Waals surface area contributed by atoms with E-state index in [1.54, 1.807) is 0 Å². The fourth-order valence-corrected chi connectivity index (χ4v) is 2.25. The minimum absolute atomic E-state index is 0.258. The maximum absolute atomic E-state index is 12.4. The molecule has 0 spiro atoms. The lowest BCUT2D eigenvalue weighted by Crippen LogP contribution is -2.46. The number of esters is 1. The molecule has 1 atom stereocenters. The number of carbonyl (C=O) groups is 1. The van der Waals surface area contributed by atoms with Crippen LogP contribution >= 0.6 is 0 Å². The number of carbonyl (C=O) groups excluding carboxylic acids is 1. The first-order valence-corrected chi connectivity index (χ1v) is 10.1. The molecule has 1 N–H and O–H groups in total. The summed E-state index contributed by atoms with van der Waals surface area (Å²) in [7, 11) is -2.35. The van der Waals surface area contributed by atoms with Crippen molar-refractivity contribution in [2.75, 3.05) is 6.61 Å². The predicted molar refractivity (Wildman–Crippen MR) is 80.3 cm³/mol. The van der Waals surface area contributed by atoms with Crippen LogP contribution in [-0.2, 0) is 14.0 Å². The zero-order valence-electron chi connectivity index (χ0n) is 14.5. The first-order chi connectivity index (χ1) is 10.8. The lowest BCUT2D eigenvalue weighted by atomic mass is 10.2. The van der Waals surface area contributed by atoms with Crippen molar-refractivity contribution in [3.05, 3.63) is 12.2 Å². The molecule has 4 nitrogen and oxygen atoms in total. The molecule has 0 aliphatic carbocycles. The largest absolute Gasteiger partial charge is 0.439 e. The zero-order valence-corrected chi connectivity index (χ0v) is 15.5. The maximum Gasteiger partial charge on any atom is 0.434 e. The first-order valence-electron chi connectivity index (χ1n) is 7.16. The average Bonchev–Trinajstić information content (AvgIpc) is 2.37. The van der Waals surface area contributed by atoms with Gasteiger partial charge in [0.05, 0.1) is 12.2 Å². The van der Waals surface area contributed by atoms with Crippen molar-refractivity contribution in [1.82, 2.24) is 0 Å². The summed E-state index contributed by atoms with van der Waals surface area (Å²) in [5.41, 5.74) is -0.947. The lowest BCUT2D eigenvalue weighted by Gasteiger charge is -2.36. The van der Waals surface area contributed by atoms with Crippen molar-refractivity contribution in [3.63, 3.8) is 0 Å². The second-order valence-corrected chi connectivity index (χ2v) is 11.8. The number of hydrogen-bond acceptors (Lipinski definition) is 4. The third-order valence-electron chi connectivity index (χ3n) is 3.89. The summed E-state index contributed by atoms with van der Waals surface area (Å²) in [6.45, 7) is 11.8. The van der Waals surface area contributed by atoms with Gasteiger partial charge in [-0.15, -0.1) is 0 Å². The Balaban J connectivity index is 4.97. The van der Waals surface area contributed by atoms with Crippen molar-refractivity contribution in [3.8, 4) is 0 Å². The number of aliphatic hydroxyl groups excluding tert-OH is 1. The maximum atomic E-state index is 12.4. The Morgan fingerprint density at radius 1 is 1.08 bits per heavy atom. The van der Waals surface area contributed by atoms with E-state index in [-0.39, 0.29) is 5.04 Å². The average molecular weight is 396 g/mol. The molecule has 148 valence electrons. The van der Waals surface area contributed by atoms with Crippen molar-refractivity contribution in [2.24, 2.45) is 0 Å². The molecule has 0 fully saturated rings. The van der Waals surface area contributed by atoms with Crippen LogP contribution in [-0.4, -0.2) is 50.6 Å². The van der Waals surface area contributed by atoms with Gasteiger partial charge >= 0.3 is 18.3 Å². The molecule has 25 heavy (non-hydrogen) atoms. The van der Waals surface area contributed by atoms with Crippen LogP contribution in [0.2, 0.25) is 18.1 Å². The molecule has 11 heteroatoms. The van der Waals surface area contributed by atoms with Crippen molar-refractivity contribution in [2.45, 2.75) is 63.5 Å².